The average molecular weight is 260 g/mol. The van der Waals surface area contributed by atoms with Gasteiger partial charge in [-0.3, -0.25) is 0 Å². The van der Waals surface area contributed by atoms with Crippen molar-refractivity contribution in [1.29, 1.82) is 0 Å². The largest absolute Gasteiger partial charge is 0.244 e. The van der Waals surface area contributed by atoms with Gasteiger partial charge in [0.2, 0.25) is 0 Å². The van der Waals surface area contributed by atoms with Crippen LogP contribution < -0.4 is 0 Å². The molecule has 3 nitrogen and oxygen atoms in total. The normalized spacial score (nSPS) is 10.7. The zero-order chi connectivity index (χ0) is 11.5. The van der Waals surface area contributed by atoms with Crippen molar-refractivity contribution in [3.8, 4) is 0 Å². The van der Waals surface area contributed by atoms with Gasteiger partial charge in [0, 0.05) is 10.6 Å². The summed E-state index contributed by atoms with van der Waals surface area (Å²) in [5, 5.41) is 4.33. The first-order valence-electron chi connectivity index (χ1n) is 4.58. The molecule has 0 atom stereocenters. The van der Waals surface area contributed by atoms with Crippen LogP contribution in [0.5, 0.6) is 0 Å². The van der Waals surface area contributed by atoms with Crippen LogP contribution in [0.4, 0.5) is 4.39 Å². The SMILES string of the molecule is Fc1cccc(Cl)c1Cn1ncnc1CCl. The second-order valence-corrected chi connectivity index (χ2v) is 3.84. The number of benzene rings is 1. The van der Waals surface area contributed by atoms with Gasteiger partial charge in [0.15, 0.2) is 0 Å². The van der Waals surface area contributed by atoms with Gasteiger partial charge in [0.25, 0.3) is 0 Å². The first kappa shape index (κ1) is 11.4. The highest BCUT2D eigenvalue weighted by molar-refractivity contribution is 6.31. The Hall–Kier alpha value is -1.13. The molecule has 0 unspecified atom stereocenters. The fourth-order valence-corrected chi connectivity index (χ4v) is 1.79. The summed E-state index contributed by atoms with van der Waals surface area (Å²) in [6.07, 6.45) is 1.38. The second kappa shape index (κ2) is 4.80. The van der Waals surface area contributed by atoms with Gasteiger partial charge in [-0.25, -0.2) is 14.1 Å². The Morgan fingerprint density at radius 3 is 2.88 bits per heavy atom. The molecule has 0 saturated heterocycles. The summed E-state index contributed by atoms with van der Waals surface area (Å²) in [5.74, 6) is 0.455. The first-order chi connectivity index (χ1) is 7.72. The van der Waals surface area contributed by atoms with E-state index >= 15 is 0 Å². The lowest BCUT2D eigenvalue weighted by atomic mass is 10.2. The van der Waals surface area contributed by atoms with Crippen molar-refractivity contribution in [2.45, 2.75) is 12.4 Å². The summed E-state index contributed by atoms with van der Waals surface area (Å²) >= 11 is 11.6. The van der Waals surface area contributed by atoms with Crippen LogP contribution in [-0.4, -0.2) is 14.8 Å². The fourth-order valence-electron chi connectivity index (χ4n) is 1.36. The van der Waals surface area contributed by atoms with Crippen LogP contribution in [0.2, 0.25) is 5.02 Å². The number of hydrogen-bond acceptors (Lipinski definition) is 2. The van der Waals surface area contributed by atoms with E-state index in [0.29, 0.717) is 16.4 Å². The van der Waals surface area contributed by atoms with Crippen LogP contribution in [-0.2, 0) is 12.4 Å². The molecule has 1 aromatic carbocycles. The van der Waals surface area contributed by atoms with E-state index in [-0.39, 0.29) is 18.2 Å². The Kier molecular flexibility index (Phi) is 3.41. The molecule has 0 radical (unpaired) electrons. The van der Waals surface area contributed by atoms with E-state index in [1.54, 1.807) is 12.1 Å². The third-order valence-electron chi connectivity index (χ3n) is 2.18. The molecule has 1 aromatic heterocycles. The third-order valence-corrected chi connectivity index (χ3v) is 2.78. The van der Waals surface area contributed by atoms with Crippen LogP contribution in [0.15, 0.2) is 24.5 Å². The molecule has 0 N–H and O–H groups in total. The van der Waals surface area contributed by atoms with Crippen LogP contribution in [0.1, 0.15) is 11.4 Å². The Morgan fingerprint density at radius 1 is 1.38 bits per heavy atom. The Labute approximate surface area is 102 Å². The monoisotopic (exact) mass is 259 g/mol. The highest BCUT2D eigenvalue weighted by atomic mass is 35.5. The molecule has 0 aliphatic carbocycles. The molecule has 0 aliphatic heterocycles. The van der Waals surface area contributed by atoms with Gasteiger partial charge in [0.05, 0.1) is 12.4 Å². The van der Waals surface area contributed by atoms with E-state index < -0.39 is 0 Å². The summed E-state index contributed by atoms with van der Waals surface area (Å²) in [6.45, 7) is 0.230. The van der Waals surface area contributed by atoms with E-state index in [4.69, 9.17) is 23.2 Å². The smallest absolute Gasteiger partial charge is 0.142 e. The molecule has 0 bridgehead atoms. The number of aromatic nitrogens is 3. The minimum absolute atomic E-state index is 0.228. The first-order valence-corrected chi connectivity index (χ1v) is 5.49. The topological polar surface area (TPSA) is 30.7 Å². The van der Waals surface area contributed by atoms with E-state index in [2.05, 4.69) is 10.1 Å². The summed E-state index contributed by atoms with van der Waals surface area (Å²) in [7, 11) is 0. The van der Waals surface area contributed by atoms with E-state index in [0.717, 1.165) is 0 Å². The average Bonchev–Trinajstić information content (AvgIpc) is 2.71. The Bertz CT molecular complexity index is 478. The lowest BCUT2D eigenvalue weighted by molar-refractivity contribution is 0.578. The van der Waals surface area contributed by atoms with Crippen molar-refractivity contribution in [3.05, 3.63) is 46.8 Å². The van der Waals surface area contributed by atoms with Crippen molar-refractivity contribution in [2.24, 2.45) is 0 Å². The second-order valence-electron chi connectivity index (χ2n) is 3.17. The number of nitrogens with zero attached hydrogens (tertiary/aromatic N) is 3. The van der Waals surface area contributed by atoms with Crippen LogP contribution in [0.3, 0.4) is 0 Å². The molecule has 16 heavy (non-hydrogen) atoms. The minimum atomic E-state index is -0.358. The maximum Gasteiger partial charge on any atom is 0.142 e. The molecule has 0 fully saturated rings. The highest BCUT2D eigenvalue weighted by Crippen LogP contribution is 2.20. The van der Waals surface area contributed by atoms with Gasteiger partial charge in [-0.15, -0.1) is 11.6 Å². The maximum absolute atomic E-state index is 13.5. The predicted octanol–water partition coefficient (Wildman–Crippen LogP) is 2.86. The summed E-state index contributed by atoms with van der Waals surface area (Å²) in [5.41, 5.74) is 0.390. The number of alkyl halides is 1. The molecule has 0 aliphatic rings. The molecule has 1 heterocycles. The molecule has 0 spiro atoms. The Balaban J connectivity index is 2.34. The van der Waals surface area contributed by atoms with Crippen molar-refractivity contribution in [2.75, 3.05) is 0 Å². The number of hydrogen-bond donors (Lipinski definition) is 0. The predicted molar refractivity (Wildman–Crippen MR) is 60.1 cm³/mol. The van der Waals surface area contributed by atoms with Crippen LogP contribution in [0, 0.1) is 5.82 Å². The van der Waals surface area contributed by atoms with Gasteiger partial charge in [0.1, 0.15) is 18.0 Å². The summed E-state index contributed by atoms with van der Waals surface area (Å²) in [4.78, 5) is 3.94. The maximum atomic E-state index is 13.5. The standard InChI is InChI=1S/C10H8Cl2FN3/c11-4-10-14-6-15-16(10)5-7-8(12)2-1-3-9(7)13/h1-3,6H,4-5H2. The highest BCUT2D eigenvalue weighted by Gasteiger charge is 2.10. The van der Waals surface area contributed by atoms with Gasteiger partial charge in [-0.2, -0.15) is 5.10 Å². The zero-order valence-corrected chi connectivity index (χ0v) is 9.71. The van der Waals surface area contributed by atoms with Crippen molar-refractivity contribution in [3.63, 3.8) is 0 Å². The van der Waals surface area contributed by atoms with Gasteiger partial charge >= 0.3 is 0 Å². The molecular weight excluding hydrogens is 252 g/mol. The van der Waals surface area contributed by atoms with Crippen molar-refractivity contribution >= 4 is 23.2 Å². The quantitative estimate of drug-likeness (QED) is 0.794. The van der Waals surface area contributed by atoms with Crippen molar-refractivity contribution < 1.29 is 4.39 Å². The van der Waals surface area contributed by atoms with Crippen LogP contribution in [0.25, 0.3) is 0 Å². The molecule has 0 amide bonds. The van der Waals surface area contributed by atoms with Gasteiger partial charge in [-0.1, -0.05) is 17.7 Å². The van der Waals surface area contributed by atoms with E-state index in [1.165, 1.54) is 17.1 Å². The van der Waals surface area contributed by atoms with Crippen molar-refractivity contribution in [1.82, 2.24) is 14.8 Å². The molecule has 6 heteroatoms. The van der Waals surface area contributed by atoms with E-state index in [1.807, 2.05) is 0 Å². The molecule has 2 aromatic rings. The Morgan fingerprint density at radius 2 is 2.19 bits per heavy atom. The van der Waals surface area contributed by atoms with Gasteiger partial charge < -0.3 is 0 Å². The molecular formula is C10H8Cl2FN3. The molecule has 84 valence electrons. The number of halogens is 3. The zero-order valence-electron chi connectivity index (χ0n) is 8.20. The van der Waals surface area contributed by atoms with E-state index in [9.17, 15) is 4.39 Å². The minimum Gasteiger partial charge on any atom is -0.244 e. The molecule has 2 rings (SSSR count). The summed E-state index contributed by atoms with van der Waals surface area (Å²) < 4.78 is 15.0. The van der Waals surface area contributed by atoms with Crippen LogP contribution >= 0.6 is 23.2 Å². The molecule has 0 saturated carbocycles. The third kappa shape index (κ3) is 2.18. The lowest BCUT2D eigenvalue weighted by Gasteiger charge is -2.07. The van der Waals surface area contributed by atoms with Gasteiger partial charge in [-0.05, 0) is 12.1 Å². The summed E-state index contributed by atoms with van der Waals surface area (Å²) in [6, 6.07) is 4.56. The lowest BCUT2D eigenvalue weighted by Crippen LogP contribution is -2.07. The fraction of sp³-hybridized carbons (Fsp3) is 0.200. The number of rotatable bonds is 3.